The van der Waals surface area contributed by atoms with Gasteiger partial charge in [0.25, 0.3) is 11.6 Å². The van der Waals surface area contributed by atoms with Crippen LogP contribution in [-0.2, 0) is 0 Å². The highest BCUT2D eigenvalue weighted by atomic mass is 35.5. The van der Waals surface area contributed by atoms with Gasteiger partial charge in [0.2, 0.25) is 0 Å². The van der Waals surface area contributed by atoms with Crippen molar-refractivity contribution >= 4 is 23.2 Å². The predicted octanol–water partition coefficient (Wildman–Crippen LogP) is 2.09. The first-order valence-corrected chi connectivity index (χ1v) is 5.92. The number of hydrogen-bond donors (Lipinski definition) is 1. The monoisotopic (exact) mass is 286 g/mol. The van der Waals surface area contributed by atoms with E-state index in [1.54, 1.807) is 0 Å². The number of halogens is 1. The molecule has 0 aliphatic heterocycles. The maximum atomic E-state index is 12.2. The average molecular weight is 287 g/mol. The smallest absolute Gasteiger partial charge is 0.283 e. The Morgan fingerprint density at radius 3 is 2.58 bits per heavy atom. The number of benzene rings is 1. The van der Waals surface area contributed by atoms with E-state index < -0.39 is 16.4 Å². The number of nitro benzene ring substituents is 1. The summed E-state index contributed by atoms with van der Waals surface area (Å²) in [6.45, 7) is 3.11. The van der Waals surface area contributed by atoms with Crippen LogP contribution in [0.5, 0.6) is 0 Å². The molecular formula is C12H15ClN2O4. The molecule has 1 amide bonds. The first kappa shape index (κ1) is 15.4. The van der Waals surface area contributed by atoms with Gasteiger partial charge in [0.1, 0.15) is 5.56 Å². The summed E-state index contributed by atoms with van der Waals surface area (Å²) < 4.78 is 0. The number of hydrogen-bond acceptors (Lipinski definition) is 4. The molecule has 0 bridgehead atoms. The highest BCUT2D eigenvalue weighted by Gasteiger charge is 2.28. The zero-order valence-electron chi connectivity index (χ0n) is 10.9. The second-order valence-electron chi connectivity index (χ2n) is 4.86. The van der Waals surface area contributed by atoms with Crippen LogP contribution < -0.4 is 0 Å². The summed E-state index contributed by atoms with van der Waals surface area (Å²) in [5.74, 6) is -0.598. The fourth-order valence-electron chi connectivity index (χ4n) is 1.72. The molecule has 0 heterocycles. The highest BCUT2D eigenvalue weighted by molar-refractivity contribution is 6.34. The van der Waals surface area contributed by atoms with Crippen LogP contribution in [0.1, 0.15) is 24.2 Å². The number of carbonyl (C=O) groups is 1. The van der Waals surface area contributed by atoms with Crippen molar-refractivity contribution in [3.63, 3.8) is 0 Å². The summed E-state index contributed by atoms with van der Waals surface area (Å²) in [5, 5.41) is 20.6. The van der Waals surface area contributed by atoms with Crippen LogP contribution in [0.25, 0.3) is 0 Å². The Morgan fingerprint density at radius 1 is 1.53 bits per heavy atom. The van der Waals surface area contributed by atoms with Crippen molar-refractivity contribution in [1.29, 1.82) is 0 Å². The molecule has 0 aliphatic carbocycles. The molecule has 0 radical (unpaired) electrons. The summed E-state index contributed by atoms with van der Waals surface area (Å²) in [6.07, 6.45) is 0. The Morgan fingerprint density at radius 2 is 2.11 bits per heavy atom. The third-order valence-corrected chi connectivity index (χ3v) is 2.69. The Labute approximate surface area is 115 Å². The lowest BCUT2D eigenvalue weighted by Crippen LogP contribution is -2.40. The van der Waals surface area contributed by atoms with E-state index in [1.807, 2.05) is 0 Å². The van der Waals surface area contributed by atoms with Gasteiger partial charge in [-0.25, -0.2) is 0 Å². The van der Waals surface area contributed by atoms with E-state index in [0.29, 0.717) is 0 Å². The Hall–Kier alpha value is -1.66. The second kappa shape index (κ2) is 5.54. The summed E-state index contributed by atoms with van der Waals surface area (Å²) in [4.78, 5) is 23.7. The van der Waals surface area contributed by atoms with Crippen LogP contribution in [0, 0.1) is 10.1 Å². The Balaban J connectivity index is 3.16. The van der Waals surface area contributed by atoms with Gasteiger partial charge in [0, 0.05) is 19.7 Å². The molecule has 7 heteroatoms. The van der Waals surface area contributed by atoms with Gasteiger partial charge in [-0.2, -0.15) is 0 Å². The van der Waals surface area contributed by atoms with Gasteiger partial charge in [-0.05, 0) is 19.9 Å². The topological polar surface area (TPSA) is 83.7 Å². The molecule has 0 aliphatic rings. The van der Waals surface area contributed by atoms with Gasteiger partial charge in [-0.1, -0.05) is 17.7 Å². The molecule has 0 aromatic heterocycles. The van der Waals surface area contributed by atoms with Crippen molar-refractivity contribution in [3.05, 3.63) is 38.9 Å². The molecule has 0 saturated carbocycles. The van der Waals surface area contributed by atoms with Gasteiger partial charge >= 0.3 is 0 Å². The fraction of sp³-hybridized carbons (Fsp3) is 0.417. The quantitative estimate of drug-likeness (QED) is 0.678. The molecular weight excluding hydrogens is 272 g/mol. The lowest BCUT2D eigenvalue weighted by atomic mass is 10.1. The predicted molar refractivity (Wildman–Crippen MR) is 71.4 cm³/mol. The lowest BCUT2D eigenvalue weighted by Gasteiger charge is -2.25. The van der Waals surface area contributed by atoms with E-state index >= 15 is 0 Å². The average Bonchev–Trinajstić information content (AvgIpc) is 2.25. The molecule has 104 valence electrons. The van der Waals surface area contributed by atoms with Gasteiger partial charge in [0.15, 0.2) is 0 Å². The van der Waals surface area contributed by atoms with Crippen molar-refractivity contribution in [2.24, 2.45) is 0 Å². The molecule has 19 heavy (non-hydrogen) atoms. The summed E-state index contributed by atoms with van der Waals surface area (Å²) >= 11 is 5.87. The molecule has 1 aromatic rings. The molecule has 1 aromatic carbocycles. The van der Waals surface area contributed by atoms with Crippen molar-refractivity contribution in [3.8, 4) is 0 Å². The number of rotatable bonds is 4. The molecule has 0 fully saturated rings. The van der Waals surface area contributed by atoms with E-state index in [2.05, 4.69) is 0 Å². The van der Waals surface area contributed by atoms with Crippen LogP contribution in [0.4, 0.5) is 5.69 Å². The molecule has 6 nitrogen and oxygen atoms in total. The van der Waals surface area contributed by atoms with Gasteiger partial charge in [-0.3, -0.25) is 14.9 Å². The van der Waals surface area contributed by atoms with Gasteiger partial charge in [-0.15, -0.1) is 0 Å². The van der Waals surface area contributed by atoms with Crippen molar-refractivity contribution in [2.45, 2.75) is 19.4 Å². The standard InChI is InChI=1S/C12H15ClN2O4/c1-12(2,17)7-14(3)11(16)10-8(13)5-4-6-9(10)15(18)19/h4-6,17H,7H2,1-3H3. The molecule has 0 spiro atoms. The minimum absolute atomic E-state index is 0.0156. The van der Waals surface area contributed by atoms with E-state index in [1.165, 1.54) is 44.0 Å². The van der Waals surface area contributed by atoms with E-state index in [0.717, 1.165) is 0 Å². The van der Waals surface area contributed by atoms with Gasteiger partial charge in [0.05, 0.1) is 15.5 Å². The molecule has 1 rings (SSSR count). The minimum Gasteiger partial charge on any atom is -0.389 e. The summed E-state index contributed by atoms with van der Waals surface area (Å²) in [7, 11) is 1.45. The maximum Gasteiger partial charge on any atom is 0.283 e. The van der Waals surface area contributed by atoms with Gasteiger partial charge < -0.3 is 10.0 Å². The van der Waals surface area contributed by atoms with Crippen LogP contribution in [0.3, 0.4) is 0 Å². The zero-order chi connectivity index (χ0) is 14.8. The number of likely N-dealkylation sites (N-methyl/N-ethyl adjacent to an activating group) is 1. The van der Waals surface area contributed by atoms with E-state index in [-0.39, 0.29) is 22.8 Å². The fourth-order valence-corrected chi connectivity index (χ4v) is 1.97. The molecule has 0 unspecified atom stereocenters. The Kier molecular flexibility index (Phi) is 4.49. The lowest BCUT2D eigenvalue weighted by molar-refractivity contribution is -0.385. The van der Waals surface area contributed by atoms with Crippen molar-refractivity contribution < 1.29 is 14.8 Å². The van der Waals surface area contributed by atoms with Crippen LogP contribution in [0.15, 0.2) is 18.2 Å². The third-order valence-electron chi connectivity index (χ3n) is 2.37. The minimum atomic E-state index is -1.10. The number of nitrogens with zero attached hydrogens (tertiary/aromatic N) is 2. The first-order chi connectivity index (χ1) is 8.63. The normalized spacial score (nSPS) is 11.2. The van der Waals surface area contributed by atoms with Crippen LogP contribution in [-0.4, -0.2) is 40.0 Å². The third kappa shape index (κ3) is 3.90. The Bertz CT molecular complexity index is 511. The summed E-state index contributed by atoms with van der Waals surface area (Å²) in [6, 6.07) is 4.05. The number of nitro groups is 1. The molecule has 1 N–H and O–H groups in total. The van der Waals surface area contributed by atoms with Crippen LogP contribution >= 0.6 is 11.6 Å². The SMILES string of the molecule is CN(CC(C)(C)O)C(=O)c1c(Cl)cccc1[N+](=O)[O-]. The molecule has 0 atom stereocenters. The van der Waals surface area contributed by atoms with Crippen molar-refractivity contribution in [2.75, 3.05) is 13.6 Å². The number of carbonyl (C=O) groups excluding carboxylic acids is 1. The number of amides is 1. The van der Waals surface area contributed by atoms with E-state index in [4.69, 9.17) is 11.6 Å². The summed E-state index contributed by atoms with van der Waals surface area (Å²) in [5.41, 5.74) is -1.61. The first-order valence-electron chi connectivity index (χ1n) is 5.54. The number of aliphatic hydroxyl groups is 1. The van der Waals surface area contributed by atoms with E-state index in [9.17, 15) is 20.0 Å². The highest BCUT2D eigenvalue weighted by Crippen LogP contribution is 2.27. The zero-order valence-corrected chi connectivity index (χ0v) is 11.6. The second-order valence-corrected chi connectivity index (χ2v) is 5.27. The van der Waals surface area contributed by atoms with Crippen molar-refractivity contribution in [1.82, 2.24) is 4.90 Å². The van der Waals surface area contributed by atoms with Crippen LogP contribution in [0.2, 0.25) is 5.02 Å². The molecule has 0 saturated heterocycles. The maximum absolute atomic E-state index is 12.2. The largest absolute Gasteiger partial charge is 0.389 e.